The summed E-state index contributed by atoms with van der Waals surface area (Å²) in [5, 5.41) is 3.80. The summed E-state index contributed by atoms with van der Waals surface area (Å²) in [6.07, 6.45) is 3.53. The monoisotopic (exact) mass is 300 g/mol. The van der Waals surface area contributed by atoms with Crippen molar-refractivity contribution >= 4 is 21.8 Å². The number of hydrogen-bond donors (Lipinski definition) is 1. The Morgan fingerprint density at radius 3 is 2.88 bits per heavy atom. The predicted molar refractivity (Wildman–Crippen MR) is 71.6 cm³/mol. The van der Waals surface area contributed by atoms with Crippen molar-refractivity contribution in [2.75, 3.05) is 5.33 Å². The number of alkyl halides is 1. The van der Waals surface area contributed by atoms with Gasteiger partial charge in [-0.1, -0.05) is 15.9 Å². The van der Waals surface area contributed by atoms with Crippen molar-refractivity contribution in [3.63, 3.8) is 0 Å². The van der Waals surface area contributed by atoms with Crippen molar-refractivity contribution < 1.29 is 4.79 Å². The van der Waals surface area contributed by atoms with Gasteiger partial charge in [-0.05, 0) is 25.8 Å². The van der Waals surface area contributed by atoms with Crippen LogP contribution in [0.3, 0.4) is 0 Å². The van der Waals surface area contributed by atoms with Crippen LogP contribution in [0.5, 0.6) is 0 Å². The minimum absolute atomic E-state index is 0.115. The number of aromatic nitrogens is 1. The van der Waals surface area contributed by atoms with E-state index in [1.54, 1.807) is 19.3 Å². The number of amides is 1. The topological polar surface area (TPSA) is 51.1 Å². The Bertz CT molecular complexity index is 442. The standard InChI is InChI=1S/C12H17BrN2O2/c1-9(4-3-6-13)14-12(17)10-5-7-15(2)11(16)8-10/h5,7-9H,3-4,6H2,1-2H3,(H,14,17). The van der Waals surface area contributed by atoms with Gasteiger partial charge < -0.3 is 9.88 Å². The van der Waals surface area contributed by atoms with Gasteiger partial charge in [0.15, 0.2) is 0 Å². The van der Waals surface area contributed by atoms with E-state index in [1.165, 1.54) is 10.6 Å². The molecule has 1 aromatic rings. The van der Waals surface area contributed by atoms with Crippen molar-refractivity contribution in [3.05, 3.63) is 34.2 Å². The van der Waals surface area contributed by atoms with Crippen molar-refractivity contribution in [2.24, 2.45) is 7.05 Å². The molecule has 5 heteroatoms. The molecule has 0 aromatic carbocycles. The second-order valence-electron chi connectivity index (χ2n) is 4.07. The maximum atomic E-state index is 11.8. The van der Waals surface area contributed by atoms with Gasteiger partial charge in [-0.3, -0.25) is 9.59 Å². The fraction of sp³-hybridized carbons (Fsp3) is 0.500. The average Bonchev–Trinajstić information content (AvgIpc) is 2.30. The van der Waals surface area contributed by atoms with Crippen molar-refractivity contribution in [3.8, 4) is 0 Å². The van der Waals surface area contributed by atoms with Crippen LogP contribution in [0.1, 0.15) is 30.1 Å². The predicted octanol–water partition coefficient (Wildman–Crippen LogP) is 1.68. The number of nitrogens with one attached hydrogen (secondary N) is 1. The van der Waals surface area contributed by atoms with Crippen molar-refractivity contribution in [2.45, 2.75) is 25.8 Å². The highest BCUT2D eigenvalue weighted by Crippen LogP contribution is 2.01. The molecule has 0 aliphatic rings. The fourth-order valence-corrected chi connectivity index (χ4v) is 1.78. The first-order valence-corrected chi connectivity index (χ1v) is 6.70. The van der Waals surface area contributed by atoms with Crippen LogP contribution < -0.4 is 10.9 Å². The van der Waals surface area contributed by atoms with E-state index in [2.05, 4.69) is 21.2 Å². The largest absolute Gasteiger partial charge is 0.350 e. The zero-order valence-corrected chi connectivity index (χ0v) is 11.7. The van der Waals surface area contributed by atoms with Crippen LogP contribution in [0.2, 0.25) is 0 Å². The van der Waals surface area contributed by atoms with Crippen molar-refractivity contribution in [1.29, 1.82) is 0 Å². The van der Waals surface area contributed by atoms with E-state index in [1.807, 2.05) is 6.92 Å². The van der Waals surface area contributed by atoms with E-state index in [0.29, 0.717) is 5.56 Å². The maximum Gasteiger partial charge on any atom is 0.251 e. The van der Waals surface area contributed by atoms with Gasteiger partial charge in [0.25, 0.3) is 11.5 Å². The lowest BCUT2D eigenvalue weighted by atomic mass is 10.1. The summed E-state index contributed by atoms with van der Waals surface area (Å²) in [5.41, 5.74) is 0.240. The highest BCUT2D eigenvalue weighted by molar-refractivity contribution is 9.09. The molecule has 94 valence electrons. The Morgan fingerprint density at radius 2 is 2.29 bits per heavy atom. The number of aryl methyl sites for hydroxylation is 1. The van der Waals surface area contributed by atoms with Crippen LogP contribution in [0.25, 0.3) is 0 Å². The molecule has 0 radical (unpaired) electrons. The van der Waals surface area contributed by atoms with E-state index in [-0.39, 0.29) is 17.5 Å². The molecule has 1 heterocycles. The molecule has 0 bridgehead atoms. The molecule has 0 spiro atoms. The van der Waals surface area contributed by atoms with Gasteiger partial charge in [0.1, 0.15) is 0 Å². The smallest absolute Gasteiger partial charge is 0.251 e. The third-order valence-corrected chi connectivity index (χ3v) is 3.08. The summed E-state index contributed by atoms with van der Waals surface area (Å²) in [7, 11) is 1.66. The first kappa shape index (κ1) is 14.0. The Balaban J connectivity index is 2.63. The molecule has 1 unspecified atom stereocenters. The molecule has 0 aliphatic carbocycles. The molecule has 0 aliphatic heterocycles. The third kappa shape index (κ3) is 4.34. The van der Waals surface area contributed by atoms with Gasteiger partial charge in [-0.15, -0.1) is 0 Å². The molecule has 1 aromatic heterocycles. The highest BCUT2D eigenvalue weighted by Gasteiger charge is 2.10. The molecule has 0 fully saturated rings. The highest BCUT2D eigenvalue weighted by atomic mass is 79.9. The summed E-state index contributed by atoms with van der Waals surface area (Å²) in [5.74, 6) is -0.190. The quantitative estimate of drug-likeness (QED) is 0.841. The van der Waals surface area contributed by atoms with E-state index in [0.717, 1.165) is 18.2 Å². The van der Waals surface area contributed by atoms with E-state index in [9.17, 15) is 9.59 Å². The Hall–Kier alpha value is -1.10. The second kappa shape index (κ2) is 6.59. The number of hydrogen-bond acceptors (Lipinski definition) is 2. The summed E-state index contributed by atoms with van der Waals surface area (Å²) in [4.78, 5) is 23.2. The minimum atomic E-state index is -0.190. The van der Waals surface area contributed by atoms with E-state index < -0.39 is 0 Å². The number of rotatable bonds is 5. The van der Waals surface area contributed by atoms with E-state index >= 15 is 0 Å². The van der Waals surface area contributed by atoms with Gasteiger partial charge in [-0.2, -0.15) is 0 Å². The van der Waals surface area contributed by atoms with Crippen LogP contribution in [-0.4, -0.2) is 21.8 Å². The Morgan fingerprint density at radius 1 is 1.59 bits per heavy atom. The summed E-state index contributed by atoms with van der Waals surface area (Å²) in [6, 6.07) is 3.12. The third-order valence-electron chi connectivity index (χ3n) is 2.51. The molecule has 4 nitrogen and oxygen atoms in total. The number of pyridine rings is 1. The van der Waals surface area contributed by atoms with Gasteiger partial charge in [0.05, 0.1) is 0 Å². The Kier molecular flexibility index (Phi) is 5.41. The Labute approximate surface area is 109 Å². The molecule has 0 saturated heterocycles. The molecule has 17 heavy (non-hydrogen) atoms. The zero-order valence-electron chi connectivity index (χ0n) is 10.1. The lowest BCUT2D eigenvalue weighted by molar-refractivity contribution is 0.0938. The van der Waals surface area contributed by atoms with Gasteiger partial charge in [-0.25, -0.2) is 0 Å². The number of carbonyl (C=O) groups is 1. The number of carbonyl (C=O) groups excluding carboxylic acids is 1. The number of nitrogens with zero attached hydrogens (tertiary/aromatic N) is 1. The first-order valence-electron chi connectivity index (χ1n) is 5.58. The van der Waals surface area contributed by atoms with Crippen molar-refractivity contribution in [1.82, 2.24) is 9.88 Å². The van der Waals surface area contributed by atoms with Crippen LogP contribution in [0.4, 0.5) is 0 Å². The lowest BCUT2D eigenvalue weighted by Gasteiger charge is -2.13. The van der Waals surface area contributed by atoms with Crippen LogP contribution >= 0.6 is 15.9 Å². The molecule has 1 rings (SSSR count). The average molecular weight is 301 g/mol. The van der Waals surface area contributed by atoms with Gasteiger partial charge in [0, 0.05) is 36.2 Å². The summed E-state index contributed by atoms with van der Waals surface area (Å²) < 4.78 is 1.44. The van der Waals surface area contributed by atoms with Crippen LogP contribution in [-0.2, 0) is 7.05 Å². The fourth-order valence-electron chi connectivity index (χ4n) is 1.45. The molecule has 0 saturated carbocycles. The summed E-state index contributed by atoms with van der Waals surface area (Å²) in [6.45, 7) is 1.96. The molecule has 1 atom stereocenters. The molecule has 1 amide bonds. The normalized spacial score (nSPS) is 12.2. The molecular formula is C12H17BrN2O2. The molecule has 1 N–H and O–H groups in total. The number of halogens is 1. The van der Waals surface area contributed by atoms with Crippen LogP contribution in [0, 0.1) is 0 Å². The first-order chi connectivity index (χ1) is 8.04. The van der Waals surface area contributed by atoms with Crippen LogP contribution in [0.15, 0.2) is 23.1 Å². The minimum Gasteiger partial charge on any atom is -0.350 e. The zero-order chi connectivity index (χ0) is 12.8. The maximum absolute atomic E-state index is 11.8. The van der Waals surface area contributed by atoms with Gasteiger partial charge in [0.2, 0.25) is 0 Å². The SMILES string of the molecule is CC(CCCBr)NC(=O)c1ccn(C)c(=O)c1. The van der Waals surface area contributed by atoms with E-state index in [4.69, 9.17) is 0 Å². The summed E-state index contributed by atoms with van der Waals surface area (Å²) >= 11 is 3.35. The molecular weight excluding hydrogens is 284 g/mol. The van der Waals surface area contributed by atoms with Gasteiger partial charge >= 0.3 is 0 Å². The lowest BCUT2D eigenvalue weighted by Crippen LogP contribution is -2.33. The second-order valence-corrected chi connectivity index (χ2v) is 4.86.